The predicted octanol–water partition coefficient (Wildman–Crippen LogP) is 4.90. The van der Waals surface area contributed by atoms with Gasteiger partial charge in [-0.25, -0.2) is 9.97 Å². The van der Waals surface area contributed by atoms with Crippen LogP contribution < -0.4 is 10.6 Å². The molecule has 1 atom stereocenters. The summed E-state index contributed by atoms with van der Waals surface area (Å²) in [4.78, 5) is 25.5. The second-order valence-corrected chi connectivity index (χ2v) is 9.53. The first-order valence-corrected chi connectivity index (χ1v) is 12.8. The molecule has 4 rings (SSSR count). The van der Waals surface area contributed by atoms with Crippen LogP contribution in [0.1, 0.15) is 52.8 Å². The number of aromatic nitrogens is 4. The number of benzene rings is 1. The second kappa shape index (κ2) is 11.1. The van der Waals surface area contributed by atoms with Crippen molar-refractivity contribution in [3.63, 3.8) is 0 Å². The van der Waals surface area contributed by atoms with Gasteiger partial charge in [-0.05, 0) is 72.0 Å². The molecule has 0 unspecified atom stereocenters. The van der Waals surface area contributed by atoms with E-state index in [9.17, 15) is 4.79 Å². The highest BCUT2D eigenvalue weighted by Gasteiger charge is 2.25. The van der Waals surface area contributed by atoms with Gasteiger partial charge in [0.2, 0.25) is 0 Å². The molecule has 37 heavy (non-hydrogen) atoms. The lowest BCUT2D eigenvalue weighted by Crippen LogP contribution is -2.30. The van der Waals surface area contributed by atoms with Crippen molar-refractivity contribution in [3.05, 3.63) is 70.7 Å². The molecule has 3 aromatic heterocycles. The summed E-state index contributed by atoms with van der Waals surface area (Å²) in [7, 11) is 3.78. The minimum atomic E-state index is -0.132. The topological polar surface area (TPSA) is 88.0 Å². The largest absolute Gasteiger partial charge is 0.382 e. The molecule has 3 heterocycles. The third-order valence-corrected chi connectivity index (χ3v) is 7.03. The maximum Gasteiger partial charge on any atom is 0.254 e. The van der Waals surface area contributed by atoms with Crippen molar-refractivity contribution in [1.29, 1.82) is 0 Å². The summed E-state index contributed by atoms with van der Waals surface area (Å²) >= 11 is 0. The molecule has 0 saturated carbocycles. The molecule has 0 radical (unpaired) electrons. The molecule has 0 aliphatic heterocycles. The van der Waals surface area contributed by atoms with Gasteiger partial charge in [-0.2, -0.15) is 5.10 Å². The minimum absolute atomic E-state index is 0.0579. The van der Waals surface area contributed by atoms with Gasteiger partial charge < -0.3 is 15.5 Å². The third kappa shape index (κ3) is 5.34. The Labute approximate surface area is 219 Å². The van der Waals surface area contributed by atoms with E-state index >= 15 is 0 Å². The zero-order chi connectivity index (χ0) is 26.7. The fourth-order valence-corrected chi connectivity index (χ4v) is 4.62. The normalized spacial score (nSPS) is 12.1. The van der Waals surface area contributed by atoms with Crippen LogP contribution >= 0.6 is 0 Å². The van der Waals surface area contributed by atoms with Gasteiger partial charge >= 0.3 is 0 Å². The molecule has 194 valence electrons. The number of hydrogen-bond donors (Lipinski definition) is 2. The van der Waals surface area contributed by atoms with E-state index in [4.69, 9.17) is 9.97 Å². The number of fused-ring (bicyclic) bond motifs is 1. The fourth-order valence-electron chi connectivity index (χ4n) is 4.62. The number of likely N-dealkylation sites (N-methyl/N-ethyl adjacent to an activating group) is 1. The summed E-state index contributed by atoms with van der Waals surface area (Å²) in [5.74, 6) is -0.0579. The maximum atomic E-state index is 14.0. The molecule has 0 saturated heterocycles. The number of carbonyl (C=O) groups excluding carboxylic acids is 1. The molecule has 8 heteroatoms. The lowest BCUT2D eigenvalue weighted by molar-refractivity contribution is 0.0744. The highest BCUT2D eigenvalue weighted by Crippen LogP contribution is 2.30. The first kappa shape index (κ1) is 26.3. The number of nitrogens with one attached hydrogen (secondary N) is 2. The third-order valence-electron chi connectivity index (χ3n) is 7.03. The van der Waals surface area contributed by atoms with Crippen molar-refractivity contribution < 1.29 is 4.79 Å². The van der Waals surface area contributed by atoms with Crippen molar-refractivity contribution in [1.82, 2.24) is 30.0 Å². The molecule has 0 fully saturated rings. The van der Waals surface area contributed by atoms with Gasteiger partial charge in [0.15, 0.2) is 0 Å². The molecule has 0 aliphatic rings. The highest BCUT2D eigenvalue weighted by atomic mass is 16.2. The molecule has 0 spiro atoms. The lowest BCUT2D eigenvalue weighted by atomic mass is 10.0. The summed E-state index contributed by atoms with van der Waals surface area (Å²) < 4.78 is 1.96. The van der Waals surface area contributed by atoms with Crippen molar-refractivity contribution in [2.75, 3.05) is 32.5 Å². The number of aryl methyl sites for hydroxylation is 3. The van der Waals surface area contributed by atoms with Gasteiger partial charge in [-0.3, -0.25) is 9.48 Å². The molecular weight excluding hydrogens is 462 g/mol. The van der Waals surface area contributed by atoms with Crippen LogP contribution in [0.3, 0.4) is 0 Å². The van der Waals surface area contributed by atoms with Crippen LogP contribution in [0.4, 0.5) is 5.69 Å². The van der Waals surface area contributed by atoms with E-state index in [0.29, 0.717) is 11.3 Å². The second-order valence-electron chi connectivity index (χ2n) is 9.53. The summed E-state index contributed by atoms with van der Waals surface area (Å²) in [5, 5.41) is 11.9. The van der Waals surface area contributed by atoms with Crippen LogP contribution in [0.2, 0.25) is 0 Å². The monoisotopic (exact) mass is 499 g/mol. The van der Waals surface area contributed by atoms with E-state index in [1.54, 1.807) is 4.90 Å². The van der Waals surface area contributed by atoms with Gasteiger partial charge in [-0.1, -0.05) is 11.6 Å². The van der Waals surface area contributed by atoms with Crippen LogP contribution in [0.5, 0.6) is 0 Å². The molecule has 0 bridgehead atoms. The Morgan fingerprint density at radius 2 is 1.84 bits per heavy atom. The fraction of sp³-hybridized carbons (Fsp3) is 0.379. The van der Waals surface area contributed by atoms with E-state index in [0.717, 1.165) is 64.4 Å². The molecule has 2 N–H and O–H groups in total. The lowest BCUT2D eigenvalue weighted by Gasteiger charge is -2.26. The van der Waals surface area contributed by atoms with Crippen LogP contribution in [-0.2, 0) is 6.54 Å². The molecule has 0 aliphatic carbocycles. The molecule has 1 amide bonds. The van der Waals surface area contributed by atoms with E-state index in [2.05, 4.69) is 29.6 Å². The van der Waals surface area contributed by atoms with E-state index in [1.807, 2.05) is 82.1 Å². The number of anilines is 1. The Kier molecular flexibility index (Phi) is 7.88. The highest BCUT2D eigenvalue weighted by molar-refractivity contribution is 6.07. The number of nitrogens with zero attached hydrogens (tertiary/aromatic N) is 5. The van der Waals surface area contributed by atoms with Gasteiger partial charge in [0.1, 0.15) is 0 Å². The van der Waals surface area contributed by atoms with Gasteiger partial charge in [0, 0.05) is 43.3 Å². The molecule has 4 aromatic rings. The van der Waals surface area contributed by atoms with Crippen LogP contribution in [-0.4, -0.2) is 57.7 Å². The standard InChI is InChI=1S/C29H37N7O/c1-8-36-21(5)24(17-32-36)20(4)35(7)29(37)23-16-28(34-26-10-9-18(2)15-22(23)26)27-12-11-25(19(3)33-27)31-14-13-30-6/h9-12,15-17,20,30-31H,8,13-14H2,1-7H3/t20-/m0/s1. The van der Waals surface area contributed by atoms with Crippen molar-refractivity contribution in [3.8, 4) is 11.4 Å². The number of pyridine rings is 2. The summed E-state index contributed by atoms with van der Waals surface area (Å²) in [5.41, 5.74) is 7.90. The number of carbonyl (C=O) groups is 1. The van der Waals surface area contributed by atoms with Crippen LogP contribution in [0.15, 0.2) is 42.6 Å². The maximum absolute atomic E-state index is 14.0. The Bertz CT molecular complexity index is 1430. The van der Waals surface area contributed by atoms with Gasteiger partial charge in [0.25, 0.3) is 5.91 Å². The van der Waals surface area contributed by atoms with Gasteiger partial charge in [0.05, 0.1) is 46.1 Å². The zero-order valence-electron chi connectivity index (χ0n) is 22.9. The zero-order valence-corrected chi connectivity index (χ0v) is 22.9. The Morgan fingerprint density at radius 3 is 2.51 bits per heavy atom. The van der Waals surface area contributed by atoms with Crippen molar-refractivity contribution in [2.45, 2.75) is 47.2 Å². The number of hydrogen-bond acceptors (Lipinski definition) is 6. The van der Waals surface area contributed by atoms with Gasteiger partial charge in [-0.15, -0.1) is 0 Å². The molecule has 8 nitrogen and oxygen atoms in total. The van der Waals surface area contributed by atoms with E-state index in [1.165, 1.54) is 0 Å². The Hall–Kier alpha value is -3.78. The predicted molar refractivity (Wildman–Crippen MR) is 150 cm³/mol. The van der Waals surface area contributed by atoms with Crippen LogP contribution in [0, 0.1) is 20.8 Å². The average Bonchev–Trinajstić information content (AvgIpc) is 3.27. The Balaban J connectivity index is 1.74. The minimum Gasteiger partial charge on any atom is -0.382 e. The van der Waals surface area contributed by atoms with Crippen LogP contribution in [0.25, 0.3) is 22.3 Å². The summed E-state index contributed by atoms with van der Waals surface area (Å²) in [6.07, 6.45) is 1.87. The Morgan fingerprint density at radius 1 is 1.05 bits per heavy atom. The smallest absolute Gasteiger partial charge is 0.254 e. The first-order valence-electron chi connectivity index (χ1n) is 12.8. The van der Waals surface area contributed by atoms with Crippen molar-refractivity contribution >= 4 is 22.5 Å². The average molecular weight is 500 g/mol. The molecular formula is C29H37N7O. The van der Waals surface area contributed by atoms with E-state index < -0.39 is 0 Å². The molecule has 1 aromatic carbocycles. The first-order chi connectivity index (χ1) is 17.7. The number of amides is 1. The van der Waals surface area contributed by atoms with Crippen molar-refractivity contribution in [2.24, 2.45) is 0 Å². The SMILES string of the molecule is CCn1ncc([C@H](C)N(C)C(=O)c2cc(-c3ccc(NCCNC)c(C)n3)nc3ccc(C)cc23)c1C. The quantitative estimate of drug-likeness (QED) is 0.319. The number of rotatable bonds is 9. The van der Waals surface area contributed by atoms with E-state index in [-0.39, 0.29) is 11.9 Å². The summed E-state index contributed by atoms with van der Waals surface area (Å²) in [6, 6.07) is 11.8. The summed E-state index contributed by atoms with van der Waals surface area (Å²) in [6.45, 7) is 12.6.